The Labute approximate surface area is 115 Å². The van der Waals surface area contributed by atoms with Gasteiger partial charge in [0.2, 0.25) is 5.91 Å². The molecule has 0 aliphatic rings. The predicted molar refractivity (Wildman–Crippen MR) is 72.0 cm³/mol. The quantitative estimate of drug-likeness (QED) is 0.483. The topological polar surface area (TPSA) is 110 Å². The lowest BCUT2D eigenvalue weighted by Gasteiger charge is -2.19. The molecule has 0 heterocycles. The summed E-state index contributed by atoms with van der Waals surface area (Å²) in [5.74, 6) is -1.82. The van der Waals surface area contributed by atoms with E-state index in [9.17, 15) is 19.7 Å². The third kappa shape index (κ3) is 3.91. The predicted octanol–water partition coefficient (Wildman–Crippen LogP) is 1.59. The zero-order valence-electron chi connectivity index (χ0n) is 11.0. The lowest BCUT2D eigenvalue weighted by Crippen LogP contribution is -2.49. The van der Waals surface area contributed by atoms with Gasteiger partial charge in [-0.3, -0.25) is 14.9 Å². The summed E-state index contributed by atoms with van der Waals surface area (Å²) in [6.45, 7) is 2.68. The Morgan fingerprint density at radius 1 is 1.35 bits per heavy atom. The van der Waals surface area contributed by atoms with Crippen molar-refractivity contribution in [1.82, 2.24) is 5.32 Å². The molecule has 1 rings (SSSR count). The highest BCUT2D eigenvalue weighted by atomic mass is 16.6. The van der Waals surface area contributed by atoms with Gasteiger partial charge >= 0.3 is 5.97 Å². The molecule has 7 nitrogen and oxygen atoms in total. The second kappa shape index (κ2) is 5.96. The summed E-state index contributed by atoms with van der Waals surface area (Å²) in [5, 5.41) is 21.9. The van der Waals surface area contributed by atoms with Crippen molar-refractivity contribution < 1.29 is 19.6 Å². The smallest absolute Gasteiger partial charge is 0.328 e. The normalized spacial score (nSPS) is 11.3. The lowest BCUT2D eigenvalue weighted by molar-refractivity contribution is -0.385. The van der Waals surface area contributed by atoms with Crippen molar-refractivity contribution in [2.45, 2.75) is 19.4 Å². The van der Waals surface area contributed by atoms with Crippen LogP contribution in [0.5, 0.6) is 0 Å². The van der Waals surface area contributed by atoms with E-state index in [1.54, 1.807) is 6.07 Å². The molecule has 1 amide bonds. The van der Waals surface area contributed by atoms with Crippen LogP contribution in [0.2, 0.25) is 0 Å². The minimum absolute atomic E-state index is 0.131. The van der Waals surface area contributed by atoms with Gasteiger partial charge in [-0.25, -0.2) is 4.79 Å². The maximum absolute atomic E-state index is 11.6. The van der Waals surface area contributed by atoms with Crippen LogP contribution in [-0.4, -0.2) is 27.4 Å². The zero-order valence-corrected chi connectivity index (χ0v) is 11.0. The summed E-state index contributed by atoms with van der Waals surface area (Å²) in [6, 6.07) is 5.93. The molecule has 0 bridgehead atoms. The van der Waals surface area contributed by atoms with Crippen LogP contribution in [0.3, 0.4) is 0 Å². The van der Waals surface area contributed by atoms with Crippen molar-refractivity contribution in [2.75, 3.05) is 0 Å². The van der Waals surface area contributed by atoms with Crippen LogP contribution in [0.15, 0.2) is 30.3 Å². The van der Waals surface area contributed by atoms with Gasteiger partial charge in [-0.2, -0.15) is 0 Å². The van der Waals surface area contributed by atoms with Gasteiger partial charge in [-0.1, -0.05) is 12.1 Å². The minimum Gasteiger partial charge on any atom is -0.480 e. The van der Waals surface area contributed by atoms with Crippen LogP contribution >= 0.6 is 0 Å². The Bertz CT molecular complexity index is 578. The number of nitro groups is 1. The molecular formula is C13H14N2O5. The molecule has 106 valence electrons. The number of nitro benzene ring substituents is 1. The van der Waals surface area contributed by atoms with Crippen molar-refractivity contribution in [3.63, 3.8) is 0 Å². The van der Waals surface area contributed by atoms with Crippen molar-refractivity contribution in [3.05, 3.63) is 46.0 Å². The van der Waals surface area contributed by atoms with Gasteiger partial charge in [0, 0.05) is 12.1 Å². The van der Waals surface area contributed by atoms with Gasteiger partial charge in [0.15, 0.2) is 0 Å². The Morgan fingerprint density at radius 2 is 1.95 bits per heavy atom. The zero-order chi connectivity index (χ0) is 15.3. The highest BCUT2D eigenvalue weighted by molar-refractivity contribution is 5.95. The van der Waals surface area contributed by atoms with Crippen molar-refractivity contribution in [2.24, 2.45) is 0 Å². The number of aliphatic carboxylic acids is 1. The van der Waals surface area contributed by atoms with E-state index in [1.165, 1.54) is 38.1 Å². The molecule has 1 aromatic carbocycles. The summed E-state index contributed by atoms with van der Waals surface area (Å²) in [4.78, 5) is 32.7. The monoisotopic (exact) mass is 278 g/mol. The largest absolute Gasteiger partial charge is 0.480 e. The first-order chi connectivity index (χ1) is 9.24. The lowest BCUT2D eigenvalue weighted by atomic mass is 10.1. The van der Waals surface area contributed by atoms with Crippen molar-refractivity contribution >= 4 is 23.6 Å². The molecule has 0 aliphatic heterocycles. The molecule has 1 aromatic rings. The maximum Gasteiger partial charge on any atom is 0.328 e. The SMILES string of the molecule is CC(C)(NC(=O)C=Cc1ccccc1[N+](=O)[O-])C(=O)O. The third-order valence-electron chi connectivity index (χ3n) is 2.52. The van der Waals surface area contributed by atoms with E-state index in [0.717, 1.165) is 6.08 Å². The number of amides is 1. The fourth-order valence-corrected chi connectivity index (χ4v) is 1.36. The second-order valence-corrected chi connectivity index (χ2v) is 4.57. The molecule has 2 N–H and O–H groups in total. The van der Waals surface area contributed by atoms with Crippen LogP contribution in [0.1, 0.15) is 19.4 Å². The van der Waals surface area contributed by atoms with Gasteiger partial charge in [0.25, 0.3) is 5.69 Å². The summed E-state index contributed by atoms with van der Waals surface area (Å²) in [5.41, 5.74) is -1.28. The number of carboxylic acids is 1. The highest BCUT2D eigenvalue weighted by Gasteiger charge is 2.28. The molecule has 7 heteroatoms. The van der Waals surface area contributed by atoms with Crippen LogP contribution in [0.4, 0.5) is 5.69 Å². The molecule has 0 saturated heterocycles. The number of rotatable bonds is 5. The van der Waals surface area contributed by atoms with Gasteiger partial charge in [0.1, 0.15) is 5.54 Å². The number of nitrogens with zero attached hydrogens (tertiary/aromatic N) is 1. The first-order valence-corrected chi connectivity index (χ1v) is 5.71. The van der Waals surface area contributed by atoms with E-state index in [1.807, 2.05) is 0 Å². The van der Waals surface area contributed by atoms with E-state index in [4.69, 9.17) is 5.11 Å². The highest BCUT2D eigenvalue weighted by Crippen LogP contribution is 2.18. The number of benzene rings is 1. The molecule has 0 fully saturated rings. The average molecular weight is 278 g/mol. The summed E-state index contributed by atoms with van der Waals surface area (Å²) >= 11 is 0. The van der Waals surface area contributed by atoms with Crippen LogP contribution in [0.25, 0.3) is 6.08 Å². The fraction of sp³-hybridized carbons (Fsp3) is 0.231. The summed E-state index contributed by atoms with van der Waals surface area (Å²) in [7, 11) is 0. The summed E-state index contributed by atoms with van der Waals surface area (Å²) < 4.78 is 0. The minimum atomic E-state index is -1.41. The third-order valence-corrected chi connectivity index (χ3v) is 2.52. The molecule has 20 heavy (non-hydrogen) atoms. The maximum atomic E-state index is 11.6. The van der Waals surface area contributed by atoms with Crippen LogP contribution in [0, 0.1) is 10.1 Å². The van der Waals surface area contributed by atoms with E-state index in [2.05, 4.69) is 5.32 Å². The van der Waals surface area contributed by atoms with Gasteiger partial charge < -0.3 is 10.4 Å². The first-order valence-electron chi connectivity index (χ1n) is 5.71. The molecule has 0 spiro atoms. The number of hydrogen-bond acceptors (Lipinski definition) is 4. The fourth-order valence-electron chi connectivity index (χ4n) is 1.36. The molecule has 0 aromatic heterocycles. The standard InChI is InChI=1S/C13H14N2O5/c1-13(2,12(17)18)14-11(16)8-7-9-5-3-4-6-10(9)15(19)20/h3-8H,1-2H3,(H,14,16)(H,17,18). The second-order valence-electron chi connectivity index (χ2n) is 4.57. The summed E-state index contributed by atoms with van der Waals surface area (Å²) in [6.07, 6.45) is 2.33. The Morgan fingerprint density at radius 3 is 2.50 bits per heavy atom. The van der Waals surface area contributed by atoms with Crippen LogP contribution in [-0.2, 0) is 9.59 Å². The Kier molecular flexibility index (Phi) is 4.58. The van der Waals surface area contributed by atoms with Gasteiger partial charge in [0.05, 0.1) is 10.5 Å². The molecule has 0 saturated carbocycles. The molecule has 0 unspecified atom stereocenters. The Balaban J connectivity index is 2.86. The van der Waals surface area contributed by atoms with E-state index in [-0.39, 0.29) is 11.3 Å². The van der Waals surface area contributed by atoms with Gasteiger partial charge in [-0.15, -0.1) is 0 Å². The average Bonchev–Trinajstić information content (AvgIpc) is 2.35. The van der Waals surface area contributed by atoms with E-state index < -0.39 is 22.3 Å². The number of carbonyl (C=O) groups excluding carboxylic acids is 1. The molecule has 0 aliphatic carbocycles. The number of hydrogen-bond donors (Lipinski definition) is 2. The van der Waals surface area contributed by atoms with Gasteiger partial charge in [-0.05, 0) is 26.0 Å². The number of carboxylic acid groups (broad SMARTS) is 1. The van der Waals surface area contributed by atoms with Crippen molar-refractivity contribution in [3.8, 4) is 0 Å². The number of nitrogens with one attached hydrogen (secondary N) is 1. The molecular weight excluding hydrogens is 264 g/mol. The number of carbonyl (C=O) groups is 2. The first kappa shape index (κ1) is 15.4. The molecule has 0 radical (unpaired) electrons. The van der Waals surface area contributed by atoms with E-state index >= 15 is 0 Å². The Hall–Kier alpha value is -2.70. The van der Waals surface area contributed by atoms with Crippen molar-refractivity contribution in [1.29, 1.82) is 0 Å². The van der Waals surface area contributed by atoms with E-state index in [0.29, 0.717) is 0 Å². The van der Waals surface area contributed by atoms with Crippen LogP contribution < -0.4 is 5.32 Å². The number of para-hydroxylation sites is 1. The molecule has 0 atom stereocenters.